The number of carbonyl (C=O) groups is 1. The Labute approximate surface area is 127 Å². The molecule has 0 fully saturated rings. The molecule has 0 aliphatic carbocycles. The van der Waals surface area contributed by atoms with Gasteiger partial charge in [-0.25, -0.2) is 0 Å². The van der Waals surface area contributed by atoms with Crippen molar-refractivity contribution >= 4 is 5.91 Å². The van der Waals surface area contributed by atoms with E-state index in [1.165, 1.54) is 11.1 Å². The highest BCUT2D eigenvalue weighted by Crippen LogP contribution is 2.16. The first-order valence-electron chi connectivity index (χ1n) is 7.48. The van der Waals surface area contributed by atoms with E-state index in [1.54, 1.807) is 0 Å². The van der Waals surface area contributed by atoms with Gasteiger partial charge in [0.15, 0.2) is 0 Å². The van der Waals surface area contributed by atoms with Crippen LogP contribution in [-0.4, -0.2) is 5.91 Å². The molecular weight excluding hydrogens is 258 g/mol. The number of amides is 1. The lowest BCUT2D eigenvalue weighted by Crippen LogP contribution is -2.27. The smallest absolute Gasteiger partial charge is 0.252 e. The van der Waals surface area contributed by atoms with Crippen LogP contribution in [0.1, 0.15) is 52.5 Å². The van der Waals surface area contributed by atoms with E-state index in [-0.39, 0.29) is 11.9 Å². The summed E-state index contributed by atoms with van der Waals surface area (Å²) in [6.07, 6.45) is 1.03. The van der Waals surface area contributed by atoms with E-state index in [4.69, 9.17) is 0 Å². The number of nitrogens with one attached hydrogen (secondary N) is 1. The number of hydrogen-bond donors (Lipinski definition) is 1. The molecule has 1 amide bonds. The van der Waals surface area contributed by atoms with Crippen molar-refractivity contribution in [2.24, 2.45) is 0 Å². The van der Waals surface area contributed by atoms with Crippen molar-refractivity contribution in [2.75, 3.05) is 0 Å². The molecule has 1 atom stereocenters. The van der Waals surface area contributed by atoms with Crippen molar-refractivity contribution in [2.45, 2.75) is 40.2 Å². The molecule has 21 heavy (non-hydrogen) atoms. The Bertz CT molecular complexity index is 629. The molecule has 1 unspecified atom stereocenters. The van der Waals surface area contributed by atoms with Gasteiger partial charge in [0.25, 0.3) is 5.91 Å². The van der Waals surface area contributed by atoms with Crippen molar-refractivity contribution in [1.82, 2.24) is 5.32 Å². The molecule has 110 valence electrons. The second-order valence-electron chi connectivity index (χ2n) is 5.61. The molecule has 2 heteroatoms. The fourth-order valence-electron chi connectivity index (χ4n) is 2.47. The molecule has 2 nitrogen and oxygen atoms in total. The van der Waals surface area contributed by atoms with Gasteiger partial charge in [0.05, 0.1) is 6.04 Å². The molecule has 0 aliphatic rings. The van der Waals surface area contributed by atoms with Crippen molar-refractivity contribution < 1.29 is 4.79 Å². The molecule has 0 aliphatic heterocycles. The third kappa shape index (κ3) is 3.72. The minimum absolute atomic E-state index is 0.00380. The highest BCUT2D eigenvalue weighted by Gasteiger charge is 2.13. The molecule has 0 saturated carbocycles. The minimum atomic E-state index is -0.0143. The van der Waals surface area contributed by atoms with E-state index in [0.717, 1.165) is 23.1 Å². The Hall–Kier alpha value is -2.09. The first-order valence-corrected chi connectivity index (χ1v) is 7.48. The highest BCUT2D eigenvalue weighted by atomic mass is 16.1. The van der Waals surface area contributed by atoms with Crippen LogP contribution in [0.5, 0.6) is 0 Å². The summed E-state index contributed by atoms with van der Waals surface area (Å²) in [7, 11) is 0. The van der Waals surface area contributed by atoms with Crippen LogP contribution in [0, 0.1) is 13.8 Å². The molecule has 0 saturated heterocycles. The summed E-state index contributed by atoms with van der Waals surface area (Å²) in [6.45, 7) is 8.16. The number of hydrogen-bond acceptors (Lipinski definition) is 1. The third-order valence-corrected chi connectivity index (χ3v) is 3.86. The second-order valence-corrected chi connectivity index (χ2v) is 5.61. The third-order valence-electron chi connectivity index (χ3n) is 3.86. The van der Waals surface area contributed by atoms with Gasteiger partial charge in [-0.2, -0.15) is 0 Å². The molecule has 0 radical (unpaired) electrons. The lowest BCUT2D eigenvalue weighted by Gasteiger charge is -2.16. The van der Waals surface area contributed by atoms with E-state index in [1.807, 2.05) is 39.0 Å². The van der Waals surface area contributed by atoms with Gasteiger partial charge in [-0.3, -0.25) is 4.79 Å². The largest absolute Gasteiger partial charge is 0.346 e. The zero-order valence-electron chi connectivity index (χ0n) is 13.2. The van der Waals surface area contributed by atoms with Crippen LogP contribution >= 0.6 is 0 Å². The SMILES string of the molecule is CCc1ccc(C(C)NC(=O)c2ccc(C)cc2C)cc1. The topological polar surface area (TPSA) is 29.1 Å². The summed E-state index contributed by atoms with van der Waals surface area (Å²) >= 11 is 0. The van der Waals surface area contributed by atoms with E-state index in [9.17, 15) is 4.79 Å². The summed E-state index contributed by atoms with van der Waals surface area (Å²) in [5, 5.41) is 3.07. The van der Waals surface area contributed by atoms with E-state index < -0.39 is 0 Å². The summed E-state index contributed by atoms with van der Waals surface area (Å²) in [6, 6.07) is 14.3. The molecule has 0 spiro atoms. The molecule has 2 aromatic carbocycles. The van der Waals surface area contributed by atoms with Gasteiger partial charge in [-0.15, -0.1) is 0 Å². The standard InChI is InChI=1S/C19H23NO/c1-5-16-7-9-17(10-8-16)15(4)20-19(21)18-11-6-13(2)12-14(18)3/h6-12,15H,5H2,1-4H3,(H,20,21). The van der Waals surface area contributed by atoms with Crippen molar-refractivity contribution in [1.29, 1.82) is 0 Å². The Morgan fingerprint density at radius 1 is 1.10 bits per heavy atom. The predicted octanol–water partition coefficient (Wildman–Crippen LogP) is 4.36. The first kappa shape index (κ1) is 15.3. The van der Waals surface area contributed by atoms with Crippen LogP contribution in [0.25, 0.3) is 0 Å². The maximum absolute atomic E-state index is 12.4. The lowest BCUT2D eigenvalue weighted by molar-refractivity contribution is 0.0939. The van der Waals surface area contributed by atoms with Gasteiger partial charge < -0.3 is 5.32 Å². The number of benzene rings is 2. The quantitative estimate of drug-likeness (QED) is 0.886. The fourth-order valence-corrected chi connectivity index (χ4v) is 2.47. The summed E-state index contributed by atoms with van der Waals surface area (Å²) in [4.78, 5) is 12.4. The van der Waals surface area contributed by atoms with Crippen LogP contribution in [0.3, 0.4) is 0 Å². The predicted molar refractivity (Wildman–Crippen MR) is 87.6 cm³/mol. The molecule has 0 bridgehead atoms. The summed E-state index contributed by atoms with van der Waals surface area (Å²) in [5.74, 6) is -0.0143. The highest BCUT2D eigenvalue weighted by molar-refractivity contribution is 5.95. The van der Waals surface area contributed by atoms with Crippen molar-refractivity contribution in [3.63, 3.8) is 0 Å². The van der Waals surface area contributed by atoms with Crippen molar-refractivity contribution in [3.05, 3.63) is 70.3 Å². The zero-order chi connectivity index (χ0) is 15.4. The Kier molecular flexibility index (Phi) is 4.79. The van der Waals surface area contributed by atoms with Gasteiger partial charge >= 0.3 is 0 Å². The summed E-state index contributed by atoms with van der Waals surface area (Å²) in [5.41, 5.74) is 5.38. The Morgan fingerprint density at radius 2 is 1.76 bits per heavy atom. The molecule has 2 rings (SSSR count). The van der Waals surface area contributed by atoms with Gasteiger partial charge in [-0.1, -0.05) is 48.9 Å². The van der Waals surface area contributed by atoms with E-state index >= 15 is 0 Å². The maximum atomic E-state index is 12.4. The van der Waals surface area contributed by atoms with Gasteiger partial charge in [0, 0.05) is 5.56 Å². The number of aryl methyl sites for hydroxylation is 3. The lowest BCUT2D eigenvalue weighted by atomic mass is 10.0. The van der Waals surface area contributed by atoms with E-state index in [2.05, 4.69) is 36.5 Å². The molecule has 0 heterocycles. The molecule has 2 aromatic rings. The van der Waals surface area contributed by atoms with Crippen molar-refractivity contribution in [3.8, 4) is 0 Å². The monoisotopic (exact) mass is 281 g/mol. The van der Waals surface area contributed by atoms with Crippen LogP contribution in [0.15, 0.2) is 42.5 Å². The van der Waals surface area contributed by atoms with Crippen LogP contribution in [-0.2, 0) is 6.42 Å². The van der Waals surface area contributed by atoms with Crippen LogP contribution in [0.2, 0.25) is 0 Å². The second kappa shape index (κ2) is 6.57. The number of rotatable bonds is 4. The molecule has 0 aromatic heterocycles. The van der Waals surface area contributed by atoms with Gasteiger partial charge in [-0.05, 0) is 49.9 Å². The Balaban J connectivity index is 2.10. The van der Waals surface area contributed by atoms with Crippen LogP contribution in [0.4, 0.5) is 0 Å². The minimum Gasteiger partial charge on any atom is -0.346 e. The average molecular weight is 281 g/mol. The van der Waals surface area contributed by atoms with Gasteiger partial charge in [0.1, 0.15) is 0 Å². The molecule has 1 N–H and O–H groups in total. The Morgan fingerprint density at radius 3 is 2.33 bits per heavy atom. The van der Waals surface area contributed by atoms with Gasteiger partial charge in [0.2, 0.25) is 0 Å². The average Bonchev–Trinajstić information content (AvgIpc) is 2.47. The molecular formula is C19H23NO. The number of carbonyl (C=O) groups excluding carboxylic acids is 1. The summed E-state index contributed by atoms with van der Waals surface area (Å²) < 4.78 is 0. The fraction of sp³-hybridized carbons (Fsp3) is 0.316. The van der Waals surface area contributed by atoms with E-state index in [0.29, 0.717) is 0 Å². The normalized spacial score (nSPS) is 12.0. The maximum Gasteiger partial charge on any atom is 0.252 e. The van der Waals surface area contributed by atoms with Crippen LogP contribution < -0.4 is 5.32 Å². The first-order chi connectivity index (χ1) is 10.0. The zero-order valence-corrected chi connectivity index (χ0v) is 13.2.